The standard InChI is InChI=1S/C21H25F3N6O2S/c1-11-15(18-28-13-5-3-4-6-14(13)33-18)17(29-19(27-11)26-10-21(22,23)24)30-20(32)8-7-12(9-25-2)16(20)31/h3-6,12,16,25,31-32H,7-10H2,1-2H3,(H2,26,27,29,30)/t12-,16-,20-/m1/s1. The van der Waals surface area contributed by atoms with Gasteiger partial charge in [0.25, 0.3) is 0 Å². The van der Waals surface area contributed by atoms with E-state index in [2.05, 4.69) is 30.9 Å². The number of hydrogen-bond acceptors (Lipinski definition) is 9. The van der Waals surface area contributed by atoms with Gasteiger partial charge in [0, 0.05) is 12.5 Å². The summed E-state index contributed by atoms with van der Waals surface area (Å²) in [5, 5.41) is 30.6. The van der Waals surface area contributed by atoms with E-state index < -0.39 is 24.6 Å². The lowest BCUT2D eigenvalue weighted by Gasteiger charge is -2.31. The first kappa shape index (κ1) is 23.6. The van der Waals surface area contributed by atoms with Crippen LogP contribution in [0.1, 0.15) is 18.5 Å². The topological polar surface area (TPSA) is 115 Å². The molecule has 4 rings (SSSR count). The van der Waals surface area contributed by atoms with E-state index in [-0.39, 0.29) is 24.1 Å². The molecule has 0 aliphatic heterocycles. The van der Waals surface area contributed by atoms with Crippen LogP contribution >= 0.6 is 11.3 Å². The summed E-state index contributed by atoms with van der Waals surface area (Å²) in [4.78, 5) is 13.1. The smallest absolute Gasteiger partial charge is 0.388 e. The minimum Gasteiger partial charge on any atom is -0.388 e. The summed E-state index contributed by atoms with van der Waals surface area (Å²) in [7, 11) is 1.76. The third-order valence-electron chi connectivity index (χ3n) is 5.68. The molecule has 1 aliphatic carbocycles. The number of aliphatic hydroxyl groups excluding tert-OH is 1. The number of hydrogen-bond donors (Lipinski definition) is 5. The van der Waals surface area contributed by atoms with E-state index in [1.54, 1.807) is 14.0 Å². The first-order chi connectivity index (χ1) is 15.6. The summed E-state index contributed by atoms with van der Waals surface area (Å²) in [6, 6.07) is 7.51. The molecule has 1 aliphatic rings. The average molecular weight is 483 g/mol. The average Bonchev–Trinajstić information content (AvgIpc) is 3.28. The fourth-order valence-corrected chi connectivity index (χ4v) is 5.14. The van der Waals surface area contributed by atoms with Crippen molar-refractivity contribution < 1.29 is 23.4 Å². The number of para-hydroxylation sites is 1. The molecule has 12 heteroatoms. The Labute approximate surface area is 192 Å². The lowest BCUT2D eigenvalue weighted by molar-refractivity contribution is -0.115. The number of aromatic nitrogens is 3. The lowest BCUT2D eigenvalue weighted by atomic mass is 10.0. The third kappa shape index (κ3) is 5.03. The molecule has 3 aromatic rings. The van der Waals surface area contributed by atoms with Gasteiger partial charge in [-0.2, -0.15) is 18.2 Å². The van der Waals surface area contributed by atoms with Crippen molar-refractivity contribution in [3.63, 3.8) is 0 Å². The van der Waals surface area contributed by atoms with Crippen molar-refractivity contribution in [3.05, 3.63) is 30.0 Å². The maximum Gasteiger partial charge on any atom is 0.405 e. The molecular weight excluding hydrogens is 457 g/mol. The summed E-state index contributed by atoms with van der Waals surface area (Å²) in [6.07, 6.45) is -4.74. The minimum absolute atomic E-state index is 0.109. The van der Waals surface area contributed by atoms with Crippen molar-refractivity contribution in [2.75, 3.05) is 30.8 Å². The maximum atomic E-state index is 12.7. The molecule has 8 nitrogen and oxygen atoms in total. The second-order valence-corrected chi connectivity index (χ2v) is 9.19. The largest absolute Gasteiger partial charge is 0.405 e. The first-order valence-electron chi connectivity index (χ1n) is 10.5. The predicted octanol–water partition coefficient (Wildman–Crippen LogP) is 3.13. The zero-order chi connectivity index (χ0) is 23.8. The fraction of sp³-hybridized carbons (Fsp3) is 0.476. The van der Waals surface area contributed by atoms with Crippen molar-refractivity contribution in [3.8, 4) is 10.6 Å². The maximum absolute atomic E-state index is 12.7. The van der Waals surface area contributed by atoms with Gasteiger partial charge in [0.1, 0.15) is 23.5 Å². The van der Waals surface area contributed by atoms with Crippen LogP contribution in [0.4, 0.5) is 24.9 Å². The Hall–Kier alpha value is -2.54. The number of thiazole rings is 1. The Morgan fingerprint density at radius 2 is 1.97 bits per heavy atom. The monoisotopic (exact) mass is 482 g/mol. The molecular formula is C21H25F3N6O2S. The molecule has 0 saturated heterocycles. The predicted molar refractivity (Wildman–Crippen MR) is 121 cm³/mol. The highest BCUT2D eigenvalue weighted by Crippen LogP contribution is 2.40. The van der Waals surface area contributed by atoms with Crippen molar-refractivity contribution in [1.29, 1.82) is 0 Å². The molecule has 5 N–H and O–H groups in total. The van der Waals surface area contributed by atoms with Crippen LogP contribution in [-0.4, -0.2) is 63.3 Å². The van der Waals surface area contributed by atoms with E-state index in [1.165, 1.54) is 11.3 Å². The summed E-state index contributed by atoms with van der Waals surface area (Å²) < 4.78 is 39.1. The van der Waals surface area contributed by atoms with E-state index in [4.69, 9.17) is 0 Å². The molecule has 178 valence electrons. The Morgan fingerprint density at radius 3 is 2.67 bits per heavy atom. The Kier molecular flexibility index (Phi) is 6.45. The van der Waals surface area contributed by atoms with Crippen molar-refractivity contribution in [2.24, 2.45) is 5.92 Å². The Balaban J connectivity index is 1.75. The number of aryl methyl sites for hydroxylation is 1. The molecule has 0 bridgehead atoms. The van der Waals surface area contributed by atoms with Crippen molar-refractivity contribution >= 4 is 33.3 Å². The van der Waals surface area contributed by atoms with Crippen LogP contribution in [0.3, 0.4) is 0 Å². The summed E-state index contributed by atoms with van der Waals surface area (Å²) in [5.74, 6) is -0.318. The van der Waals surface area contributed by atoms with Crippen molar-refractivity contribution in [1.82, 2.24) is 20.3 Å². The van der Waals surface area contributed by atoms with Crippen LogP contribution in [0, 0.1) is 12.8 Å². The van der Waals surface area contributed by atoms with Gasteiger partial charge < -0.3 is 26.2 Å². The summed E-state index contributed by atoms with van der Waals surface area (Å²) in [6.45, 7) is 0.854. The van der Waals surface area contributed by atoms with Crippen LogP contribution in [0.15, 0.2) is 24.3 Å². The number of rotatable bonds is 7. The van der Waals surface area contributed by atoms with Gasteiger partial charge in [-0.15, -0.1) is 11.3 Å². The second kappa shape index (κ2) is 9.01. The van der Waals surface area contributed by atoms with Gasteiger partial charge in [0.2, 0.25) is 5.95 Å². The molecule has 1 aromatic carbocycles. The van der Waals surface area contributed by atoms with Crippen LogP contribution in [-0.2, 0) is 0 Å². The van der Waals surface area contributed by atoms with Gasteiger partial charge in [-0.1, -0.05) is 12.1 Å². The van der Waals surface area contributed by atoms with Gasteiger partial charge in [-0.25, -0.2) is 9.97 Å². The van der Waals surface area contributed by atoms with Gasteiger partial charge in [0.15, 0.2) is 5.72 Å². The molecule has 0 unspecified atom stereocenters. The van der Waals surface area contributed by atoms with E-state index >= 15 is 0 Å². The van der Waals surface area contributed by atoms with Gasteiger partial charge in [-0.05, 0) is 38.9 Å². The highest BCUT2D eigenvalue weighted by atomic mass is 32.1. The molecule has 0 spiro atoms. The normalized spacial score (nSPS) is 23.2. The molecule has 33 heavy (non-hydrogen) atoms. The van der Waals surface area contributed by atoms with E-state index in [0.29, 0.717) is 29.2 Å². The highest BCUT2D eigenvalue weighted by molar-refractivity contribution is 7.21. The molecule has 1 saturated carbocycles. The van der Waals surface area contributed by atoms with E-state index in [9.17, 15) is 23.4 Å². The molecule has 2 aromatic heterocycles. The van der Waals surface area contributed by atoms with E-state index in [1.807, 2.05) is 24.3 Å². The highest BCUT2D eigenvalue weighted by Gasteiger charge is 2.47. The van der Waals surface area contributed by atoms with Gasteiger partial charge in [-0.3, -0.25) is 0 Å². The van der Waals surface area contributed by atoms with Crippen LogP contribution < -0.4 is 16.0 Å². The molecule has 2 heterocycles. The minimum atomic E-state index is -4.45. The van der Waals surface area contributed by atoms with Gasteiger partial charge in [0.05, 0.1) is 21.5 Å². The van der Waals surface area contributed by atoms with Gasteiger partial charge >= 0.3 is 6.18 Å². The number of nitrogens with one attached hydrogen (secondary N) is 3. The number of fused-ring (bicyclic) bond motifs is 1. The molecule has 3 atom stereocenters. The Bertz CT molecular complexity index is 1110. The molecule has 0 radical (unpaired) electrons. The zero-order valence-corrected chi connectivity index (χ0v) is 18.9. The fourth-order valence-electron chi connectivity index (χ4n) is 4.08. The molecule has 0 amide bonds. The summed E-state index contributed by atoms with van der Waals surface area (Å²) in [5.41, 5.74) is -0.0870. The molecule has 1 fully saturated rings. The lowest BCUT2D eigenvalue weighted by Crippen LogP contribution is -2.48. The SMILES string of the molecule is CNC[C@H]1CC[C@](O)(Nc2nc(NCC(F)(F)F)nc(C)c2-c2nc3ccccc3s2)[C@@H]1O. The number of anilines is 2. The van der Waals surface area contributed by atoms with Crippen LogP contribution in [0.2, 0.25) is 0 Å². The van der Waals surface area contributed by atoms with Crippen LogP contribution in [0.25, 0.3) is 20.8 Å². The number of nitrogens with zero attached hydrogens (tertiary/aromatic N) is 3. The number of benzene rings is 1. The van der Waals surface area contributed by atoms with E-state index in [0.717, 1.165) is 10.2 Å². The number of aliphatic hydroxyl groups is 2. The van der Waals surface area contributed by atoms with Crippen molar-refractivity contribution in [2.45, 2.75) is 37.8 Å². The second-order valence-electron chi connectivity index (χ2n) is 8.16. The zero-order valence-electron chi connectivity index (χ0n) is 18.1. The third-order valence-corrected chi connectivity index (χ3v) is 6.73. The summed E-state index contributed by atoms with van der Waals surface area (Å²) >= 11 is 1.38. The number of alkyl halides is 3. The Morgan fingerprint density at radius 1 is 1.21 bits per heavy atom. The quantitative estimate of drug-likeness (QED) is 0.326. The van der Waals surface area contributed by atoms with Crippen LogP contribution in [0.5, 0.6) is 0 Å². The number of halogens is 3. The first-order valence-corrected chi connectivity index (χ1v) is 11.3.